The molecule has 0 aliphatic heterocycles. The molecule has 18 heavy (non-hydrogen) atoms. The Morgan fingerprint density at radius 1 is 1.28 bits per heavy atom. The van der Waals surface area contributed by atoms with E-state index in [-0.39, 0.29) is 12.0 Å². The van der Waals surface area contributed by atoms with Gasteiger partial charge in [-0.2, -0.15) is 0 Å². The minimum atomic E-state index is -0.132. The number of nitrogens with zero attached hydrogens (tertiary/aromatic N) is 1. The summed E-state index contributed by atoms with van der Waals surface area (Å²) in [5, 5.41) is 0. The molecule has 1 unspecified atom stereocenters. The fraction of sp³-hybridized carbons (Fsp3) is 0.929. The zero-order valence-corrected chi connectivity index (χ0v) is 12.6. The summed E-state index contributed by atoms with van der Waals surface area (Å²) in [4.78, 5) is 14.2. The predicted molar refractivity (Wildman–Crippen MR) is 73.6 cm³/mol. The summed E-state index contributed by atoms with van der Waals surface area (Å²) in [5.74, 6) is 0.423. The number of ether oxygens (including phenoxy) is 2. The quantitative estimate of drug-likeness (QED) is 0.564. The van der Waals surface area contributed by atoms with E-state index in [4.69, 9.17) is 9.47 Å². The molecule has 0 saturated carbocycles. The van der Waals surface area contributed by atoms with Crippen molar-refractivity contribution in [2.24, 2.45) is 5.92 Å². The van der Waals surface area contributed by atoms with E-state index in [0.29, 0.717) is 19.1 Å². The fourth-order valence-corrected chi connectivity index (χ4v) is 2.01. The van der Waals surface area contributed by atoms with Gasteiger partial charge in [-0.05, 0) is 19.3 Å². The second kappa shape index (κ2) is 10.3. The number of rotatable bonds is 10. The number of carbonyl (C=O) groups is 1. The molecule has 0 aromatic rings. The molecule has 0 heterocycles. The molecule has 0 saturated heterocycles. The van der Waals surface area contributed by atoms with E-state index < -0.39 is 0 Å². The van der Waals surface area contributed by atoms with Gasteiger partial charge < -0.3 is 9.47 Å². The van der Waals surface area contributed by atoms with E-state index in [1.165, 1.54) is 0 Å². The van der Waals surface area contributed by atoms with Crippen LogP contribution in [0.25, 0.3) is 0 Å². The normalized spacial score (nSPS) is 13.1. The molecule has 0 N–H and O–H groups in total. The minimum Gasteiger partial charge on any atom is -0.465 e. The van der Waals surface area contributed by atoms with Gasteiger partial charge in [0, 0.05) is 20.2 Å². The fourth-order valence-electron chi connectivity index (χ4n) is 2.01. The average Bonchev–Trinajstić information content (AvgIpc) is 2.31. The van der Waals surface area contributed by atoms with Gasteiger partial charge in [-0.3, -0.25) is 9.69 Å². The molecule has 0 aliphatic rings. The largest absolute Gasteiger partial charge is 0.465 e. The highest BCUT2D eigenvalue weighted by Gasteiger charge is 2.26. The third-order valence-corrected chi connectivity index (χ3v) is 2.74. The molecule has 4 nitrogen and oxygen atoms in total. The third-order valence-electron chi connectivity index (χ3n) is 2.74. The van der Waals surface area contributed by atoms with Gasteiger partial charge in [0.05, 0.1) is 13.2 Å². The van der Waals surface area contributed by atoms with Gasteiger partial charge in [0.25, 0.3) is 0 Å². The van der Waals surface area contributed by atoms with Crippen molar-refractivity contribution >= 4 is 5.97 Å². The second-order valence-corrected chi connectivity index (χ2v) is 4.94. The number of hydrogen-bond acceptors (Lipinski definition) is 4. The van der Waals surface area contributed by atoms with Gasteiger partial charge in [0.15, 0.2) is 0 Å². The van der Waals surface area contributed by atoms with Crippen molar-refractivity contribution in [3.63, 3.8) is 0 Å². The zero-order valence-electron chi connectivity index (χ0n) is 12.6. The van der Waals surface area contributed by atoms with Crippen LogP contribution in [-0.4, -0.2) is 50.3 Å². The number of hydrogen-bond donors (Lipinski definition) is 0. The highest BCUT2D eigenvalue weighted by atomic mass is 16.5. The maximum Gasteiger partial charge on any atom is 0.323 e. The van der Waals surface area contributed by atoms with Crippen molar-refractivity contribution in [2.45, 2.75) is 46.6 Å². The Balaban J connectivity index is 4.65. The Kier molecular flexibility index (Phi) is 9.98. The van der Waals surface area contributed by atoms with Crippen LogP contribution < -0.4 is 0 Å². The lowest BCUT2D eigenvalue weighted by Crippen LogP contribution is -2.45. The minimum absolute atomic E-state index is 0.101. The van der Waals surface area contributed by atoms with Crippen LogP contribution in [0.15, 0.2) is 0 Å². The van der Waals surface area contributed by atoms with E-state index in [1.807, 2.05) is 6.92 Å². The zero-order chi connectivity index (χ0) is 14.0. The molecule has 1 atom stereocenters. The lowest BCUT2D eigenvalue weighted by molar-refractivity contribution is -0.150. The molecule has 0 aromatic carbocycles. The monoisotopic (exact) mass is 259 g/mol. The van der Waals surface area contributed by atoms with Crippen LogP contribution >= 0.6 is 0 Å². The SMILES string of the molecule is CCCC(C(=O)OCC)N(CCOC)CC(C)C. The lowest BCUT2D eigenvalue weighted by Gasteiger charge is -2.31. The Morgan fingerprint density at radius 2 is 1.94 bits per heavy atom. The molecule has 0 aromatic heterocycles. The molecule has 108 valence electrons. The van der Waals surface area contributed by atoms with Crippen LogP contribution in [0.2, 0.25) is 0 Å². The van der Waals surface area contributed by atoms with Crippen molar-refractivity contribution in [3.05, 3.63) is 0 Å². The van der Waals surface area contributed by atoms with E-state index >= 15 is 0 Å². The van der Waals surface area contributed by atoms with Crippen LogP contribution in [0, 0.1) is 5.92 Å². The molecule has 4 heteroatoms. The predicted octanol–water partition coefficient (Wildman–Crippen LogP) is 2.32. The highest BCUT2D eigenvalue weighted by Crippen LogP contribution is 2.12. The first-order chi connectivity index (χ1) is 8.56. The summed E-state index contributed by atoms with van der Waals surface area (Å²) in [6.45, 7) is 11.0. The molecular formula is C14H29NO3. The molecule has 0 fully saturated rings. The van der Waals surface area contributed by atoms with Crippen LogP contribution in [0.3, 0.4) is 0 Å². The van der Waals surface area contributed by atoms with Crippen LogP contribution in [0.1, 0.15) is 40.5 Å². The number of esters is 1. The maximum atomic E-state index is 12.0. The smallest absolute Gasteiger partial charge is 0.323 e. The number of methoxy groups -OCH3 is 1. The standard InChI is InChI=1S/C14H29NO3/c1-6-8-13(14(16)18-7-2)15(9-10-17-5)11-12(3)4/h12-13H,6-11H2,1-5H3. The molecular weight excluding hydrogens is 230 g/mol. The van der Waals surface area contributed by atoms with Gasteiger partial charge in [-0.25, -0.2) is 0 Å². The van der Waals surface area contributed by atoms with Crippen molar-refractivity contribution < 1.29 is 14.3 Å². The molecule has 0 rings (SSSR count). The van der Waals surface area contributed by atoms with Crippen LogP contribution in [0.5, 0.6) is 0 Å². The van der Waals surface area contributed by atoms with Crippen LogP contribution in [-0.2, 0) is 14.3 Å². The van der Waals surface area contributed by atoms with Crippen LogP contribution in [0.4, 0.5) is 0 Å². The van der Waals surface area contributed by atoms with Gasteiger partial charge >= 0.3 is 5.97 Å². The first kappa shape index (κ1) is 17.4. The first-order valence-electron chi connectivity index (χ1n) is 6.96. The molecule has 0 bridgehead atoms. The van der Waals surface area contributed by atoms with Gasteiger partial charge in [0.2, 0.25) is 0 Å². The maximum absolute atomic E-state index is 12.0. The topological polar surface area (TPSA) is 38.8 Å². The summed E-state index contributed by atoms with van der Waals surface area (Å²) in [6, 6.07) is -0.132. The highest BCUT2D eigenvalue weighted by molar-refractivity contribution is 5.75. The Labute approximate surface area is 112 Å². The summed E-state index contributed by atoms with van der Waals surface area (Å²) in [7, 11) is 1.69. The Hall–Kier alpha value is -0.610. The van der Waals surface area contributed by atoms with Crippen molar-refractivity contribution in [1.82, 2.24) is 4.90 Å². The first-order valence-corrected chi connectivity index (χ1v) is 6.96. The summed E-state index contributed by atoms with van der Waals surface area (Å²) in [6.07, 6.45) is 1.82. The third kappa shape index (κ3) is 6.97. The van der Waals surface area contributed by atoms with E-state index in [0.717, 1.165) is 25.9 Å². The Bertz CT molecular complexity index is 219. The summed E-state index contributed by atoms with van der Waals surface area (Å²) in [5.41, 5.74) is 0. The van der Waals surface area contributed by atoms with E-state index in [9.17, 15) is 4.79 Å². The molecule has 0 amide bonds. The summed E-state index contributed by atoms with van der Waals surface area (Å²) < 4.78 is 10.3. The van der Waals surface area contributed by atoms with Gasteiger partial charge in [-0.15, -0.1) is 0 Å². The van der Waals surface area contributed by atoms with E-state index in [1.54, 1.807) is 7.11 Å². The van der Waals surface area contributed by atoms with Crippen molar-refractivity contribution in [2.75, 3.05) is 33.4 Å². The number of carbonyl (C=O) groups excluding carboxylic acids is 1. The molecule has 0 radical (unpaired) electrons. The Morgan fingerprint density at radius 3 is 2.39 bits per heavy atom. The van der Waals surface area contributed by atoms with E-state index in [2.05, 4.69) is 25.7 Å². The second-order valence-electron chi connectivity index (χ2n) is 4.94. The van der Waals surface area contributed by atoms with Crippen molar-refractivity contribution in [3.8, 4) is 0 Å². The lowest BCUT2D eigenvalue weighted by atomic mass is 10.1. The molecule has 0 aliphatic carbocycles. The summed E-state index contributed by atoms with van der Waals surface area (Å²) >= 11 is 0. The molecule has 0 spiro atoms. The van der Waals surface area contributed by atoms with Crippen molar-refractivity contribution in [1.29, 1.82) is 0 Å². The average molecular weight is 259 g/mol. The van der Waals surface area contributed by atoms with Gasteiger partial charge in [-0.1, -0.05) is 27.2 Å². The van der Waals surface area contributed by atoms with Gasteiger partial charge in [0.1, 0.15) is 6.04 Å².